The molecule has 0 amide bonds. The van der Waals surface area contributed by atoms with Crippen LogP contribution in [-0.2, 0) is 4.84 Å². The van der Waals surface area contributed by atoms with Gasteiger partial charge in [0, 0.05) is 18.3 Å². The minimum Gasteiger partial charge on any atom is -0.495 e. The maximum absolute atomic E-state index is 14.7. The largest absolute Gasteiger partial charge is 0.495 e. The highest BCUT2D eigenvalue weighted by atomic mass is 19.1. The number of rotatable bonds is 4. The molecule has 2 aliphatic heterocycles. The van der Waals surface area contributed by atoms with Gasteiger partial charge in [0.05, 0.1) is 30.9 Å². The number of nitrogens with zero attached hydrogens (tertiary/aromatic N) is 4. The zero-order valence-electron chi connectivity index (χ0n) is 19.1. The number of halogens is 1. The first-order valence-electron chi connectivity index (χ1n) is 11.2. The van der Waals surface area contributed by atoms with Crippen LogP contribution in [-0.4, -0.2) is 40.5 Å². The molecule has 1 saturated heterocycles. The van der Waals surface area contributed by atoms with E-state index in [1.54, 1.807) is 19.5 Å². The van der Waals surface area contributed by atoms with Crippen molar-refractivity contribution < 1.29 is 14.0 Å². The van der Waals surface area contributed by atoms with E-state index in [4.69, 9.17) is 9.57 Å². The van der Waals surface area contributed by atoms with Crippen LogP contribution in [0.3, 0.4) is 0 Å². The van der Waals surface area contributed by atoms with Crippen molar-refractivity contribution in [2.24, 2.45) is 5.16 Å². The molecule has 0 radical (unpaired) electrons. The molecule has 0 spiro atoms. The van der Waals surface area contributed by atoms with E-state index >= 15 is 0 Å². The number of benzene rings is 2. The fourth-order valence-corrected chi connectivity index (χ4v) is 4.56. The Labute approximate surface area is 192 Å². The van der Waals surface area contributed by atoms with Crippen LogP contribution in [0.25, 0.3) is 11.8 Å². The number of piperidine rings is 1. The van der Waals surface area contributed by atoms with Gasteiger partial charge in [0.25, 0.3) is 0 Å². The third kappa shape index (κ3) is 4.11. The predicted molar refractivity (Wildman–Crippen MR) is 126 cm³/mol. The normalized spacial score (nSPS) is 19.2. The van der Waals surface area contributed by atoms with E-state index in [1.165, 1.54) is 0 Å². The Morgan fingerprint density at radius 2 is 2.06 bits per heavy atom. The van der Waals surface area contributed by atoms with Crippen LogP contribution in [0.15, 0.2) is 59.7 Å². The van der Waals surface area contributed by atoms with Crippen molar-refractivity contribution >= 4 is 11.9 Å². The zero-order valence-corrected chi connectivity index (χ0v) is 19.1. The maximum Gasteiger partial charge on any atom is 0.172 e. The first-order chi connectivity index (χ1) is 16.0. The number of ether oxygens (including phenoxy) is 1. The molecule has 0 bridgehead atoms. The van der Waals surface area contributed by atoms with Crippen molar-refractivity contribution in [1.29, 1.82) is 0 Å². The van der Waals surface area contributed by atoms with E-state index in [2.05, 4.69) is 27.2 Å². The Hall–Kier alpha value is -3.61. The Morgan fingerprint density at radius 1 is 1.18 bits per heavy atom. The average molecular weight is 447 g/mol. The van der Waals surface area contributed by atoms with Crippen LogP contribution >= 0.6 is 0 Å². The molecule has 33 heavy (non-hydrogen) atoms. The third-order valence-corrected chi connectivity index (χ3v) is 6.21. The molecule has 1 fully saturated rings. The van der Waals surface area contributed by atoms with Gasteiger partial charge < -0.3 is 19.0 Å². The maximum atomic E-state index is 14.7. The van der Waals surface area contributed by atoms with Gasteiger partial charge in [0.15, 0.2) is 5.84 Å². The van der Waals surface area contributed by atoms with E-state index in [-0.39, 0.29) is 11.9 Å². The minimum absolute atomic E-state index is 0.191. The summed E-state index contributed by atoms with van der Waals surface area (Å²) < 4.78 is 22.4. The van der Waals surface area contributed by atoms with Crippen LogP contribution in [0.1, 0.15) is 41.3 Å². The lowest BCUT2D eigenvalue weighted by Crippen LogP contribution is -2.44. The van der Waals surface area contributed by atoms with Gasteiger partial charge in [0.1, 0.15) is 18.2 Å². The van der Waals surface area contributed by atoms with Gasteiger partial charge in [-0.3, -0.25) is 0 Å². The zero-order chi connectivity index (χ0) is 22.9. The highest BCUT2D eigenvalue weighted by Gasteiger charge is 2.34. The molecule has 6 nitrogen and oxygen atoms in total. The van der Waals surface area contributed by atoms with Gasteiger partial charge in [-0.25, -0.2) is 9.37 Å². The summed E-state index contributed by atoms with van der Waals surface area (Å²) in [6.45, 7) is 5.01. The number of imidazole rings is 1. The molecule has 0 aliphatic carbocycles. The number of oxime groups is 1. The number of fused-ring (bicyclic) bond motifs is 1. The van der Waals surface area contributed by atoms with Gasteiger partial charge in [-0.2, -0.15) is 0 Å². The molecule has 0 N–H and O–H groups in total. The molecular formula is C26H27FN4O2. The molecule has 1 aromatic heterocycles. The lowest BCUT2D eigenvalue weighted by molar-refractivity contribution is 0.0561. The number of hydrogen-bond acceptors (Lipinski definition) is 5. The second-order valence-electron chi connectivity index (χ2n) is 8.57. The van der Waals surface area contributed by atoms with E-state index in [0.29, 0.717) is 12.2 Å². The van der Waals surface area contributed by atoms with E-state index in [1.807, 2.05) is 48.9 Å². The minimum atomic E-state index is -0.198. The van der Waals surface area contributed by atoms with Crippen LogP contribution in [0.4, 0.5) is 4.39 Å². The lowest BCUT2D eigenvalue weighted by atomic mass is 9.95. The van der Waals surface area contributed by atoms with Crippen LogP contribution in [0, 0.1) is 19.7 Å². The summed E-state index contributed by atoms with van der Waals surface area (Å²) in [5.41, 5.74) is 5.52. The highest BCUT2D eigenvalue weighted by molar-refractivity contribution is 6.03. The number of hydrogen-bond donors (Lipinski definition) is 0. The van der Waals surface area contributed by atoms with Crippen molar-refractivity contribution in [2.75, 3.05) is 20.3 Å². The van der Waals surface area contributed by atoms with Crippen molar-refractivity contribution in [3.8, 4) is 11.4 Å². The quantitative estimate of drug-likeness (QED) is 0.553. The molecule has 3 aromatic rings. The van der Waals surface area contributed by atoms with Crippen LogP contribution < -0.4 is 4.74 Å². The molecule has 3 heterocycles. The van der Waals surface area contributed by atoms with E-state index < -0.39 is 0 Å². The van der Waals surface area contributed by atoms with Crippen LogP contribution in [0.5, 0.6) is 5.75 Å². The SMILES string of the molecule is COc1cc(/C=C2\CCCN3C2=NOC[C@H]3c2ccc(C)cc2F)ccc1-n1cnc(C)c1. The summed E-state index contributed by atoms with van der Waals surface area (Å²) in [6, 6.07) is 11.3. The fourth-order valence-electron chi connectivity index (χ4n) is 4.56. The second-order valence-corrected chi connectivity index (χ2v) is 8.57. The first kappa shape index (κ1) is 21.2. The molecule has 2 aromatic carbocycles. The fraction of sp³-hybridized carbons (Fsp3) is 0.308. The molecule has 0 saturated carbocycles. The third-order valence-electron chi connectivity index (χ3n) is 6.21. The molecule has 5 rings (SSSR count). The second kappa shape index (κ2) is 8.73. The van der Waals surface area contributed by atoms with Crippen molar-refractivity contribution in [2.45, 2.75) is 32.7 Å². The van der Waals surface area contributed by atoms with E-state index in [0.717, 1.165) is 59.1 Å². The Kier molecular flexibility index (Phi) is 5.62. The standard InChI is InChI=1S/C26H27FN4O2/c1-17-6-8-21(22(27)11-17)24-15-33-29-26-20(5-4-10-31(24)26)12-19-7-9-23(25(13-19)32-3)30-14-18(2)28-16-30/h6-9,11-14,16,24H,4-5,10,15H2,1-3H3/b20-12+/t24-/m0/s1. The summed E-state index contributed by atoms with van der Waals surface area (Å²) in [6.07, 6.45) is 7.72. The monoisotopic (exact) mass is 446 g/mol. The molecule has 2 aliphatic rings. The molecule has 170 valence electrons. The number of aryl methyl sites for hydroxylation is 2. The first-order valence-corrected chi connectivity index (χ1v) is 11.2. The summed E-state index contributed by atoms with van der Waals surface area (Å²) in [5, 5.41) is 4.37. The van der Waals surface area contributed by atoms with Gasteiger partial charge in [-0.1, -0.05) is 23.4 Å². The predicted octanol–water partition coefficient (Wildman–Crippen LogP) is 5.20. The molecular weight excluding hydrogens is 419 g/mol. The summed E-state index contributed by atoms with van der Waals surface area (Å²) >= 11 is 0. The van der Waals surface area contributed by atoms with Crippen molar-refractivity contribution in [3.05, 3.63) is 82.7 Å². The van der Waals surface area contributed by atoms with Gasteiger partial charge in [-0.15, -0.1) is 0 Å². The van der Waals surface area contributed by atoms with Crippen molar-refractivity contribution in [1.82, 2.24) is 14.5 Å². The Bertz CT molecular complexity index is 1250. The van der Waals surface area contributed by atoms with Gasteiger partial charge in [0.2, 0.25) is 0 Å². The summed E-state index contributed by atoms with van der Waals surface area (Å²) in [4.78, 5) is 12.1. The van der Waals surface area contributed by atoms with Gasteiger partial charge in [-0.05, 0) is 67.7 Å². The van der Waals surface area contributed by atoms with Gasteiger partial charge >= 0.3 is 0 Å². The lowest BCUT2D eigenvalue weighted by Gasteiger charge is -2.40. The van der Waals surface area contributed by atoms with Crippen molar-refractivity contribution in [3.63, 3.8) is 0 Å². The van der Waals surface area contributed by atoms with E-state index in [9.17, 15) is 4.39 Å². The number of aromatic nitrogens is 2. The summed E-state index contributed by atoms with van der Waals surface area (Å²) in [7, 11) is 1.67. The Morgan fingerprint density at radius 3 is 2.82 bits per heavy atom. The molecule has 7 heteroatoms. The highest BCUT2D eigenvalue weighted by Crippen LogP contribution is 2.34. The summed E-state index contributed by atoms with van der Waals surface area (Å²) in [5.74, 6) is 1.35. The van der Waals surface area contributed by atoms with Crippen LogP contribution in [0.2, 0.25) is 0 Å². The number of methoxy groups -OCH3 is 1. The molecule has 0 unspecified atom stereocenters. The smallest absolute Gasteiger partial charge is 0.172 e. The Balaban J connectivity index is 1.46. The topological polar surface area (TPSA) is 51.9 Å². The average Bonchev–Trinajstić information content (AvgIpc) is 3.25. The molecule has 1 atom stereocenters. The number of amidine groups is 1.